The van der Waals surface area contributed by atoms with Gasteiger partial charge in [-0.05, 0) is 0 Å². The quantitative estimate of drug-likeness (QED) is 0.442. The van der Waals surface area contributed by atoms with E-state index >= 15 is 0 Å². The molecule has 34 heavy (non-hydrogen) atoms. The third-order valence-corrected chi connectivity index (χ3v) is 6.68. The largest absolute Gasteiger partial charge is 0.467 e. The number of methoxy groups -OCH3 is 1. The Bertz CT molecular complexity index is 1190. The summed E-state index contributed by atoms with van der Waals surface area (Å²) in [6.07, 6.45) is 7.39. The summed E-state index contributed by atoms with van der Waals surface area (Å²) in [5.74, 6) is 0.941. The summed E-state index contributed by atoms with van der Waals surface area (Å²) >= 11 is 0. The van der Waals surface area contributed by atoms with E-state index in [9.17, 15) is 8.42 Å². The van der Waals surface area contributed by atoms with E-state index in [2.05, 4.69) is 19.8 Å². The maximum Gasteiger partial charge on any atom is 0.316 e. The molecule has 2 aliphatic rings. The van der Waals surface area contributed by atoms with Gasteiger partial charge >= 0.3 is 6.01 Å². The third kappa shape index (κ3) is 5.12. The fourth-order valence-corrected chi connectivity index (χ4v) is 4.88. The highest BCUT2D eigenvalue weighted by Crippen LogP contribution is 2.26. The number of nitrogens with zero attached hydrogens (tertiary/aromatic N) is 8. The topological polar surface area (TPSA) is 118 Å². The number of thiol groups is 1. The Morgan fingerprint density at radius 1 is 0.971 bits per heavy atom. The summed E-state index contributed by atoms with van der Waals surface area (Å²) in [5.41, 5.74) is 3.29. The van der Waals surface area contributed by atoms with E-state index in [1.165, 1.54) is 7.11 Å². The minimum absolute atomic E-state index is 0.129. The molecule has 0 aliphatic carbocycles. The SMILES string of the molecule is COc1ncc(-c2cn3cc(CN4CCN(C[SH](=O)=O)CC4)nc3c(N3CCOCC3)n2)cn1. The molecule has 3 aromatic heterocycles. The first-order chi connectivity index (χ1) is 16.6. The standard InChI is InChI=1S/C21H28N8O4S/c1-32-21-22-10-16(11-23-21)18-14-29-13-17(12-26-2-4-27(5-3-26)15-34(30)31)24-19(29)20(25-18)28-6-8-33-9-7-28/h10-11,13-14,34H,2-9,12,15H2,1H3. The molecule has 5 heterocycles. The number of aromatic nitrogens is 5. The van der Waals surface area contributed by atoms with Gasteiger partial charge in [-0.3, -0.25) is 9.80 Å². The highest BCUT2D eigenvalue weighted by molar-refractivity contribution is 7.72. The molecular formula is C21H28N8O4S. The van der Waals surface area contributed by atoms with Gasteiger partial charge in [0, 0.05) is 76.2 Å². The smallest absolute Gasteiger partial charge is 0.316 e. The summed E-state index contributed by atoms with van der Waals surface area (Å²) in [5, 5.41) is 0. The number of anilines is 1. The van der Waals surface area contributed by atoms with Gasteiger partial charge in [-0.25, -0.2) is 28.4 Å². The molecule has 12 nitrogen and oxygen atoms in total. The molecule has 3 aromatic rings. The number of hydrogen-bond acceptors (Lipinski definition) is 11. The second kappa shape index (κ2) is 10.2. The minimum atomic E-state index is -2.38. The zero-order chi connectivity index (χ0) is 23.5. The minimum Gasteiger partial charge on any atom is -0.467 e. The third-order valence-electron chi connectivity index (χ3n) is 6.05. The van der Waals surface area contributed by atoms with E-state index in [0.29, 0.717) is 25.8 Å². The summed E-state index contributed by atoms with van der Waals surface area (Å²) in [6.45, 7) is 6.57. The van der Waals surface area contributed by atoms with E-state index in [-0.39, 0.29) is 5.88 Å². The highest BCUT2D eigenvalue weighted by atomic mass is 32.2. The first-order valence-corrected chi connectivity index (χ1v) is 12.6. The lowest BCUT2D eigenvalue weighted by Crippen LogP contribution is -2.46. The Morgan fingerprint density at radius 3 is 2.35 bits per heavy atom. The van der Waals surface area contributed by atoms with Crippen molar-refractivity contribution in [3.63, 3.8) is 0 Å². The van der Waals surface area contributed by atoms with Crippen LogP contribution in [-0.4, -0.2) is 108 Å². The number of piperazine rings is 1. The molecule has 2 fully saturated rings. The van der Waals surface area contributed by atoms with Gasteiger partial charge < -0.3 is 18.8 Å². The average molecular weight is 489 g/mol. The number of morpholine rings is 1. The predicted molar refractivity (Wildman–Crippen MR) is 126 cm³/mol. The van der Waals surface area contributed by atoms with Crippen LogP contribution in [0.15, 0.2) is 24.8 Å². The molecular weight excluding hydrogens is 460 g/mol. The van der Waals surface area contributed by atoms with Gasteiger partial charge in [0.25, 0.3) is 0 Å². The fourth-order valence-electron chi connectivity index (χ4n) is 4.27. The van der Waals surface area contributed by atoms with Crippen molar-refractivity contribution in [1.82, 2.24) is 34.1 Å². The van der Waals surface area contributed by atoms with E-state index in [4.69, 9.17) is 19.4 Å². The first kappa shape index (κ1) is 22.9. The molecule has 0 atom stereocenters. The van der Waals surface area contributed by atoms with Gasteiger partial charge in [0.2, 0.25) is 0 Å². The van der Waals surface area contributed by atoms with E-state index in [1.54, 1.807) is 12.4 Å². The maximum absolute atomic E-state index is 11.0. The van der Waals surface area contributed by atoms with Crippen LogP contribution in [-0.2, 0) is 22.0 Å². The van der Waals surface area contributed by atoms with E-state index in [0.717, 1.165) is 67.7 Å². The van der Waals surface area contributed by atoms with Crippen molar-refractivity contribution in [1.29, 1.82) is 0 Å². The molecule has 0 bridgehead atoms. The zero-order valence-corrected chi connectivity index (χ0v) is 19.9. The van der Waals surface area contributed by atoms with Crippen LogP contribution < -0.4 is 9.64 Å². The Morgan fingerprint density at radius 2 is 1.68 bits per heavy atom. The molecule has 0 saturated carbocycles. The zero-order valence-electron chi connectivity index (χ0n) is 19.0. The van der Waals surface area contributed by atoms with Gasteiger partial charge in [-0.15, -0.1) is 0 Å². The predicted octanol–water partition coefficient (Wildman–Crippen LogP) is -0.282. The Labute approximate surface area is 199 Å². The van der Waals surface area contributed by atoms with Crippen LogP contribution in [0.2, 0.25) is 0 Å². The molecule has 2 saturated heterocycles. The monoisotopic (exact) mass is 488 g/mol. The van der Waals surface area contributed by atoms with Crippen LogP contribution in [0.3, 0.4) is 0 Å². The van der Waals surface area contributed by atoms with Crippen LogP contribution in [0.4, 0.5) is 5.82 Å². The van der Waals surface area contributed by atoms with Gasteiger partial charge in [-0.2, -0.15) is 0 Å². The van der Waals surface area contributed by atoms with Crippen LogP contribution >= 0.6 is 0 Å². The van der Waals surface area contributed by atoms with Crippen LogP contribution in [0, 0.1) is 0 Å². The highest BCUT2D eigenvalue weighted by Gasteiger charge is 2.22. The van der Waals surface area contributed by atoms with Crippen molar-refractivity contribution in [2.75, 3.05) is 70.4 Å². The van der Waals surface area contributed by atoms with Crippen LogP contribution in [0.5, 0.6) is 6.01 Å². The molecule has 2 aliphatic heterocycles. The Kier molecular flexibility index (Phi) is 6.85. The number of imidazole rings is 1. The lowest BCUT2D eigenvalue weighted by molar-refractivity contribution is 0.122. The molecule has 0 N–H and O–H groups in total. The lowest BCUT2D eigenvalue weighted by atomic mass is 10.2. The number of hydrogen-bond donors (Lipinski definition) is 1. The van der Waals surface area contributed by atoms with E-state index in [1.807, 2.05) is 21.7 Å². The second-order valence-electron chi connectivity index (χ2n) is 8.34. The number of fused-ring (bicyclic) bond motifs is 1. The summed E-state index contributed by atoms with van der Waals surface area (Å²) in [4.78, 5) is 24.8. The first-order valence-electron chi connectivity index (χ1n) is 11.2. The normalized spacial score (nSPS) is 18.1. The molecule has 0 aromatic carbocycles. The van der Waals surface area contributed by atoms with Crippen molar-refractivity contribution in [3.8, 4) is 17.3 Å². The van der Waals surface area contributed by atoms with Gasteiger partial charge in [0.05, 0.1) is 37.6 Å². The van der Waals surface area contributed by atoms with Gasteiger partial charge in [0.1, 0.15) is 0 Å². The van der Waals surface area contributed by atoms with Crippen molar-refractivity contribution >= 4 is 22.2 Å². The van der Waals surface area contributed by atoms with Crippen molar-refractivity contribution in [3.05, 3.63) is 30.5 Å². The van der Waals surface area contributed by atoms with Crippen LogP contribution in [0.25, 0.3) is 16.9 Å². The molecule has 5 rings (SSSR count). The van der Waals surface area contributed by atoms with Crippen molar-refractivity contribution < 1.29 is 17.9 Å². The summed E-state index contributed by atoms with van der Waals surface area (Å²) in [6, 6.07) is 0.311. The summed E-state index contributed by atoms with van der Waals surface area (Å²) in [7, 11) is -0.844. The Balaban J connectivity index is 1.42. The molecule has 13 heteroatoms. The van der Waals surface area contributed by atoms with Crippen LogP contribution in [0.1, 0.15) is 5.69 Å². The maximum atomic E-state index is 11.0. The molecule has 0 unspecified atom stereocenters. The Hall–Kier alpha value is -2.87. The summed E-state index contributed by atoms with van der Waals surface area (Å²) < 4.78 is 34.6. The molecule has 0 spiro atoms. The number of ether oxygens (including phenoxy) is 2. The van der Waals surface area contributed by atoms with Gasteiger partial charge in [-0.1, -0.05) is 0 Å². The van der Waals surface area contributed by atoms with E-state index < -0.39 is 10.7 Å². The molecule has 0 radical (unpaired) electrons. The van der Waals surface area contributed by atoms with Crippen molar-refractivity contribution in [2.45, 2.75) is 6.54 Å². The average Bonchev–Trinajstić information content (AvgIpc) is 3.27. The fraction of sp³-hybridized carbons (Fsp3) is 0.524. The lowest BCUT2D eigenvalue weighted by Gasteiger charge is -2.32. The van der Waals surface area contributed by atoms with Gasteiger partial charge in [0.15, 0.2) is 22.2 Å². The second-order valence-corrected chi connectivity index (χ2v) is 9.29. The van der Waals surface area contributed by atoms with Crippen molar-refractivity contribution in [2.24, 2.45) is 0 Å². The molecule has 0 amide bonds. The number of rotatable bonds is 7. The molecule has 182 valence electrons.